The van der Waals surface area contributed by atoms with E-state index >= 15 is 0 Å². The zero-order valence-electron chi connectivity index (χ0n) is 18.5. The summed E-state index contributed by atoms with van der Waals surface area (Å²) in [6, 6.07) is 0. The highest BCUT2D eigenvalue weighted by Gasteiger charge is 2.36. The molecule has 156 valence electrons. The fourth-order valence-electron chi connectivity index (χ4n) is 5.23. The molecular weight excluding hydrogens is 343 g/mol. The van der Waals surface area contributed by atoms with Crippen molar-refractivity contribution in [2.45, 2.75) is 153 Å². The van der Waals surface area contributed by atoms with Crippen molar-refractivity contribution in [3.8, 4) is 11.6 Å². The first kappa shape index (κ1) is 23.3. The molecule has 0 aromatic heterocycles. The molecule has 0 heterocycles. The first-order chi connectivity index (χ1) is 13.4. The minimum atomic E-state index is -0.419. The normalized spacial score (nSPS) is 19.2. The Morgan fingerprint density at radius 1 is 0.593 bits per heavy atom. The van der Waals surface area contributed by atoms with Crippen molar-refractivity contribution in [1.29, 1.82) is 0 Å². The van der Waals surface area contributed by atoms with Gasteiger partial charge in [0.15, 0.2) is 0 Å². The summed E-state index contributed by atoms with van der Waals surface area (Å²) in [5, 5.41) is 0. The quantitative estimate of drug-likeness (QED) is 0.177. The average Bonchev–Trinajstić information content (AvgIpc) is 2.73. The minimum Gasteiger partial charge on any atom is -0.0654 e. The Kier molecular flexibility index (Phi) is 13.7. The van der Waals surface area contributed by atoms with Crippen LogP contribution in [-0.2, 0) is 0 Å². The molecule has 2 aliphatic rings. The van der Waals surface area contributed by atoms with Crippen molar-refractivity contribution in [3.05, 3.63) is 0 Å². The van der Waals surface area contributed by atoms with E-state index < -0.39 is 7.92 Å². The van der Waals surface area contributed by atoms with E-state index in [0.29, 0.717) is 0 Å². The second kappa shape index (κ2) is 15.9. The van der Waals surface area contributed by atoms with Crippen molar-refractivity contribution < 1.29 is 0 Å². The molecule has 2 saturated carbocycles. The molecule has 0 N–H and O–H groups in total. The Hall–Kier alpha value is -0.0100. The number of unbranched alkanes of at least 4 members (excludes halogenated alkanes) is 10. The summed E-state index contributed by atoms with van der Waals surface area (Å²) in [6.45, 7) is 2.30. The molecule has 0 bridgehead atoms. The summed E-state index contributed by atoms with van der Waals surface area (Å²) in [4.78, 5) is 0. The lowest BCUT2D eigenvalue weighted by Gasteiger charge is -2.28. The SMILES string of the molecule is CCCCCCCCCCCCC#C[PH+](C1CCCCC1)C1CCCCC1. The van der Waals surface area contributed by atoms with Crippen molar-refractivity contribution in [2.24, 2.45) is 0 Å². The molecule has 0 aromatic rings. The van der Waals surface area contributed by atoms with Gasteiger partial charge in [0, 0.05) is 6.42 Å². The predicted octanol–water partition coefficient (Wildman–Crippen LogP) is 9.14. The van der Waals surface area contributed by atoms with Crippen molar-refractivity contribution in [3.63, 3.8) is 0 Å². The van der Waals surface area contributed by atoms with Gasteiger partial charge in [-0.25, -0.2) is 0 Å². The van der Waals surface area contributed by atoms with Gasteiger partial charge >= 0.3 is 0 Å². The Morgan fingerprint density at radius 2 is 1.04 bits per heavy atom. The van der Waals surface area contributed by atoms with Gasteiger partial charge in [0.05, 0.1) is 24.9 Å². The largest absolute Gasteiger partial charge is 0.0847 e. The summed E-state index contributed by atoms with van der Waals surface area (Å²) in [7, 11) is -0.419. The van der Waals surface area contributed by atoms with Crippen molar-refractivity contribution in [2.75, 3.05) is 0 Å². The Morgan fingerprint density at radius 3 is 1.52 bits per heavy atom. The third-order valence-corrected chi connectivity index (χ3v) is 10.4. The van der Waals surface area contributed by atoms with Gasteiger partial charge in [0.25, 0.3) is 0 Å². The van der Waals surface area contributed by atoms with Crippen LogP contribution in [-0.4, -0.2) is 11.3 Å². The van der Waals surface area contributed by atoms with Gasteiger partial charge in [-0.05, 0) is 57.8 Å². The van der Waals surface area contributed by atoms with Gasteiger partial charge in [-0.1, -0.05) is 83.5 Å². The fraction of sp³-hybridized carbons (Fsp3) is 0.923. The van der Waals surface area contributed by atoms with E-state index in [0.717, 1.165) is 11.3 Å². The van der Waals surface area contributed by atoms with Crippen LogP contribution in [0.3, 0.4) is 0 Å². The molecular formula is C26H48P+. The highest BCUT2D eigenvalue weighted by atomic mass is 31.1. The molecule has 0 nitrogen and oxygen atoms in total. The first-order valence-corrected chi connectivity index (χ1v) is 14.4. The predicted molar refractivity (Wildman–Crippen MR) is 126 cm³/mol. The highest BCUT2D eigenvalue weighted by Crippen LogP contribution is 2.54. The van der Waals surface area contributed by atoms with E-state index in [4.69, 9.17) is 0 Å². The van der Waals surface area contributed by atoms with Gasteiger partial charge in [-0.3, -0.25) is 0 Å². The van der Waals surface area contributed by atoms with E-state index in [2.05, 4.69) is 18.5 Å². The zero-order valence-corrected chi connectivity index (χ0v) is 19.5. The number of rotatable bonds is 12. The van der Waals surface area contributed by atoms with Crippen molar-refractivity contribution >= 4 is 7.92 Å². The molecule has 2 aliphatic carbocycles. The van der Waals surface area contributed by atoms with Gasteiger partial charge in [0.2, 0.25) is 0 Å². The van der Waals surface area contributed by atoms with Crippen LogP contribution in [0.15, 0.2) is 0 Å². The van der Waals surface area contributed by atoms with Gasteiger partial charge in [-0.2, -0.15) is 0 Å². The van der Waals surface area contributed by atoms with Crippen molar-refractivity contribution in [1.82, 2.24) is 0 Å². The standard InChI is InChI=1S/C26H47P/c1-2-3-4-5-6-7-8-9-10-11-12-19-24-27(25-20-15-13-16-21-25)26-22-17-14-18-23-26/h25-26H,2-18,20-23H2,1H3/p+1. The molecule has 0 aliphatic heterocycles. The second-order valence-electron chi connectivity index (χ2n) is 9.36. The van der Waals surface area contributed by atoms with E-state index in [9.17, 15) is 0 Å². The molecule has 2 rings (SSSR count). The molecule has 0 amide bonds. The number of hydrogen-bond acceptors (Lipinski definition) is 0. The second-order valence-corrected chi connectivity index (χ2v) is 12.2. The molecule has 0 aromatic carbocycles. The summed E-state index contributed by atoms with van der Waals surface area (Å²) < 4.78 is 0. The number of hydrogen-bond donors (Lipinski definition) is 0. The van der Waals surface area contributed by atoms with Crippen LogP contribution < -0.4 is 0 Å². The van der Waals surface area contributed by atoms with Crippen LogP contribution in [0.4, 0.5) is 0 Å². The van der Waals surface area contributed by atoms with E-state index in [1.807, 2.05) is 0 Å². The summed E-state index contributed by atoms with van der Waals surface area (Å²) >= 11 is 0. The average molecular weight is 392 g/mol. The lowest BCUT2D eigenvalue weighted by atomic mass is 9.99. The highest BCUT2D eigenvalue weighted by molar-refractivity contribution is 7.64. The lowest BCUT2D eigenvalue weighted by molar-refractivity contribution is 0.487. The first-order valence-electron chi connectivity index (χ1n) is 12.8. The van der Waals surface area contributed by atoms with E-state index in [1.165, 1.54) is 135 Å². The summed E-state index contributed by atoms with van der Waals surface area (Å²) in [6.07, 6.45) is 30.5. The van der Waals surface area contributed by atoms with E-state index in [1.54, 1.807) is 0 Å². The topological polar surface area (TPSA) is 0 Å². The summed E-state index contributed by atoms with van der Waals surface area (Å²) in [5.74, 6) is 3.70. The third-order valence-electron chi connectivity index (χ3n) is 6.98. The van der Waals surface area contributed by atoms with Crippen LogP contribution in [0.2, 0.25) is 0 Å². The molecule has 0 radical (unpaired) electrons. The van der Waals surface area contributed by atoms with Crippen LogP contribution in [0.1, 0.15) is 142 Å². The van der Waals surface area contributed by atoms with Crippen LogP contribution in [0.5, 0.6) is 0 Å². The van der Waals surface area contributed by atoms with Gasteiger partial charge in [0.1, 0.15) is 0 Å². The molecule has 0 spiro atoms. The Bertz CT molecular complexity index is 374. The Labute approximate surface area is 172 Å². The monoisotopic (exact) mass is 391 g/mol. The lowest BCUT2D eigenvalue weighted by Crippen LogP contribution is -2.19. The molecule has 0 saturated heterocycles. The van der Waals surface area contributed by atoms with Crippen LogP contribution >= 0.6 is 7.92 Å². The maximum Gasteiger partial charge on any atom is 0.0847 e. The van der Waals surface area contributed by atoms with Crippen LogP contribution in [0.25, 0.3) is 0 Å². The zero-order chi connectivity index (χ0) is 19.0. The fourth-order valence-corrected chi connectivity index (χ4v) is 8.69. The third kappa shape index (κ3) is 10.4. The summed E-state index contributed by atoms with van der Waals surface area (Å²) in [5.41, 5.74) is 6.01. The maximum absolute atomic E-state index is 3.94. The molecule has 27 heavy (non-hydrogen) atoms. The molecule has 0 unspecified atom stereocenters. The molecule has 2 fully saturated rings. The smallest absolute Gasteiger partial charge is 0.0654 e. The van der Waals surface area contributed by atoms with Gasteiger partial charge < -0.3 is 0 Å². The van der Waals surface area contributed by atoms with E-state index in [-0.39, 0.29) is 0 Å². The molecule has 0 atom stereocenters. The van der Waals surface area contributed by atoms with Gasteiger partial charge in [-0.15, -0.1) is 0 Å². The molecule has 1 heteroatoms. The maximum atomic E-state index is 3.94. The minimum absolute atomic E-state index is 0.419. The Balaban J connectivity index is 1.59. The van der Waals surface area contributed by atoms with Crippen LogP contribution in [0, 0.1) is 11.6 Å².